The van der Waals surface area contributed by atoms with Gasteiger partial charge in [0.25, 0.3) is 11.5 Å². The normalized spacial score (nSPS) is 11.5. The van der Waals surface area contributed by atoms with Crippen LogP contribution in [0.2, 0.25) is 4.34 Å². The number of nitrogens with one attached hydrogen (secondary N) is 1. The molecule has 0 bridgehead atoms. The number of halogens is 4. The fourth-order valence-electron chi connectivity index (χ4n) is 3.44. The number of carbonyl (C=O) groups is 2. The largest absolute Gasteiger partial charge is 0.573 e. The molecule has 0 spiro atoms. The number of rotatable bonds is 5. The summed E-state index contributed by atoms with van der Waals surface area (Å²) < 4.78 is 42.9. The van der Waals surface area contributed by atoms with Gasteiger partial charge in [-0.05, 0) is 24.3 Å². The topological polar surface area (TPSA) is 101 Å². The summed E-state index contributed by atoms with van der Waals surface area (Å²) in [5.74, 6) is -1.36. The van der Waals surface area contributed by atoms with Crippen molar-refractivity contribution >= 4 is 51.7 Å². The third kappa shape index (κ3) is 4.57. The van der Waals surface area contributed by atoms with Crippen LogP contribution in [0.15, 0.2) is 58.1 Å². The summed E-state index contributed by atoms with van der Waals surface area (Å²) in [6, 6.07) is 10.6. The number of fused-ring (bicyclic) bond motifs is 1. The molecule has 1 amide bonds. The molecular formula is C22H13ClF3N3O5S. The predicted octanol–water partition coefficient (Wildman–Crippen LogP) is 4.38. The predicted molar refractivity (Wildman–Crippen MR) is 124 cm³/mol. The third-order valence-corrected chi connectivity index (χ3v) is 6.29. The van der Waals surface area contributed by atoms with Gasteiger partial charge in [0.15, 0.2) is 12.0 Å². The number of hydrogen-bond acceptors (Lipinski definition) is 6. The van der Waals surface area contributed by atoms with Gasteiger partial charge in [-0.25, -0.2) is 9.36 Å². The second-order valence-electron chi connectivity index (χ2n) is 7.11. The van der Waals surface area contributed by atoms with Gasteiger partial charge in [-0.15, -0.1) is 24.5 Å². The summed E-state index contributed by atoms with van der Waals surface area (Å²) in [6.45, 7) is 0. The minimum absolute atomic E-state index is 0.0427. The van der Waals surface area contributed by atoms with Crippen molar-refractivity contribution in [2.24, 2.45) is 0 Å². The molecule has 8 nitrogen and oxygen atoms in total. The van der Waals surface area contributed by atoms with E-state index in [1.165, 1.54) is 49.5 Å². The standard InChI is InChI=1S/C22H13ClF3N3O5S/c1-28(13-7-2-3-8-15(13)34-22(24,25)26)19(31)16-9-14(18(23)35-16)29-20(32)17-11(10-30)5-4-6-12(17)27-21(29)33/h2-10H,1H3,(H,27,33). The molecule has 13 heteroatoms. The van der Waals surface area contributed by atoms with E-state index in [2.05, 4.69) is 9.72 Å². The lowest BCUT2D eigenvalue weighted by molar-refractivity contribution is -0.274. The lowest BCUT2D eigenvalue weighted by Gasteiger charge is -2.20. The van der Waals surface area contributed by atoms with Crippen LogP contribution in [-0.2, 0) is 0 Å². The van der Waals surface area contributed by atoms with Crippen molar-refractivity contribution in [1.29, 1.82) is 0 Å². The molecule has 0 saturated carbocycles. The summed E-state index contributed by atoms with van der Waals surface area (Å²) >= 11 is 6.97. The number of nitrogens with zero attached hydrogens (tertiary/aromatic N) is 2. The quantitative estimate of drug-likeness (QED) is 0.391. The van der Waals surface area contributed by atoms with Gasteiger partial charge in [-0.1, -0.05) is 35.9 Å². The number of para-hydroxylation sites is 2. The number of thiophene rings is 1. The number of aromatic nitrogens is 2. The Morgan fingerprint density at radius 2 is 1.89 bits per heavy atom. The van der Waals surface area contributed by atoms with Crippen LogP contribution >= 0.6 is 22.9 Å². The second kappa shape index (κ2) is 9.04. The number of amides is 1. The van der Waals surface area contributed by atoms with E-state index in [1.807, 2.05) is 0 Å². The molecule has 1 N–H and O–H groups in total. The molecule has 4 aromatic rings. The molecule has 4 rings (SSSR count). The highest BCUT2D eigenvalue weighted by atomic mass is 35.5. The number of aromatic amines is 1. The first-order chi connectivity index (χ1) is 16.5. The van der Waals surface area contributed by atoms with Crippen LogP contribution < -0.4 is 20.9 Å². The van der Waals surface area contributed by atoms with Crippen LogP contribution in [-0.4, -0.2) is 35.2 Å². The minimum Gasteiger partial charge on any atom is -0.404 e. The van der Waals surface area contributed by atoms with Crippen LogP contribution in [0.5, 0.6) is 5.75 Å². The van der Waals surface area contributed by atoms with Crippen molar-refractivity contribution in [2.45, 2.75) is 6.36 Å². The molecule has 180 valence electrons. The van der Waals surface area contributed by atoms with Gasteiger partial charge in [0.05, 0.1) is 27.2 Å². The Labute approximate surface area is 202 Å². The van der Waals surface area contributed by atoms with Gasteiger partial charge in [-0.3, -0.25) is 14.4 Å². The molecular weight excluding hydrogens is 511 g/mol. The van der Waals surface area contributed by atoms with E-state index in [4.69, 9.17) is 11.6 Å². The van der Waals surface area contributed by atoms with E-state index < -0.39 is 29.3 Å². The van der Waals surface area contributed by atoms with Gasteiger partial charge in [0.1, 0.15) is 4.34 Å². The van der Waals surface area contributed by atoms with Gasteiger partial charge >= 0.3 is 12.1 Å². The molecule has 0 atom stereocenters. The SMILES string of the molecule is CN(C(=O)c1cc(-n2c(=O)[nH]c3cccc(C=O)c3c2=O)c(Cl)s1)c1ccccc1OC(F)(F)F. The highest BCUT2D eigenvalue weighted by Crippen LogP contribution is 2.35. The van der Waals surface area contributed by atoms with Gasteiger partial charge in [0, 0.05) is 12.6 Å². The number of ether oxygens (including phenoxy) is 1. The monoisotopic (exact) mass is 523 g/mol. The maximum atomic E-state index is 13.1. The Kier molecular flexibility index (Phi) is 6.26. The number of anilines is 1. The molecule has 2 aromatic carbocycles. The molecule has 0 fully saturated rings. The van der Waals surface area contributed by atoms with Gasteiger partial charge in [0.2, 0.25) is 0 Å². The molecule has 0 aliphatic carbocycles. The van der Waals surface area contributed by atoms with Gasteiger partial charge < -0.3 is 14.6 Å². The molecule has 0 unspecified atom stereocenters. The van der Waals surface area contributed by atoms with Crippen LogP contribution in [0, 0.1) is 0 Å². The Morgan fingerprint density at radius 3 is 2.57 bits per heavy atom. The van der Waals surface area contributed by atoms with E-state index in [1.54, 1.807) is 0 Å². The average Bonchev–Trinajstić information content (AvgIpc) is 3.18. The Balaban J connectivity index is 1.79. The van der Waals surface area contributed by atoms with E-state index in [9.17, 15) is 32.3 Å². The number of carbonyl (C=O) groups excluding carboxylic acids is 2. The summed E-state index contributed by atoms with van der Waals surface area (Å²) in [5.41, 5.74) is -1.80. The first kappa shape index (κ1) is 24.2. The lowest BCUT2D eigenvalue weighted by atomic mass is 10.1. The van der Waals surface area contributed by atoms with E-state index in [0.29, 0.717) is 10.9 Å². The van der Waals surface area contributed by atoms with Crippen LogP contribution in [0.4, 0.5) is 18.9 Å². The number of H-pyrrole nitrogens is 1. The zero-order valence-electron chi connectivity index (χ0n) is 17.6. The van der Waals surface area contributed by atoms with Crippen molar-refractivity contribution < 1.29 is 27.5 Å². The molecule has 0 aliphatic heterocycles. The molecule has 2 heterocycles. The second-order valence-corrected chi connectivity index (χ2v) is 8.76. The van der Waals surface area contributed by atoms with Crippen molar-refractivity contribution in [2.75, 3.05) is 11.9 Å². The Bertz CT molecular complexity index is 1590. The van der Waals surface area contributed by atoms with Crippen LogP contribution in [0.1, 0.15) is 20.0 Å². The Morgan fingerprint density at radius 1 is 1.17 bits per heavy atom. The molecule has 0 aliphatic rings. The number of hydrogen-bond donors (Lipinski definition) is 1. The average molecular weight is 524 g/mol. The zero-order valence-corrected chi connectivity index (χ0v) is 19.1. The molecule has 0 radical (unpaired) electrons. The van der Waals surface area contributed by atoms with E-state index in [-0.39, 0.29) is 37.1 Å². The van der Waals surface area contributed by atoms with E-state index >= 15 is 0 Å². The number of benzene rings is 2. The zero-order chi connectivity index (χ0) is 25.5. The highest BCUT2D eigenvalue weighted by Gasteiger charge is 2.33. The fourth-order valence-corrected chi connectivity index (χ4v) is 4.67. The summed E-state index contributed by atoms with van der Waals surface area (Å²) in [5, 5.41) is -0.0485. The number of aldehydes is 1. The first-order valence-electron chi connectivity index (χ1n) is 9.67. The van der Waals surface area contributed by atoms with Crippen molar-refractivity contribution in [1.82, 2.24) is 9.55 Å². The van der Waals surface area contributed by atoms with E-state index in [0.717, 1.165) is 22.3 Å². The highest BCUT2D eigenvalue weighted by molar-refractivity contribution is 7.18. The fraction of sp³-hybridized carbons (Fsp3) is 0.0909. The lowest BCUT2D eigenvalue weighted by Crippen LogP contribution is -2.34. The smallest absolute Gasteiger partial charge is 0.404 e. The summed E-state index contributed by atoms with van der Waals surface area (Å²) in [6.07, 6.45) is -4.51. The number of alkyl halides is 3. The molecule has 2 aromatic heterocycles. The summed E-state index contributed by atoms with van der Waals surface area (Å²) in [7, 11) is 1.24. The van der Waals surface area contributed by atoms with Crippen molar-refractivity contribution in [3.05, 3.63) is 84.1 Å². The minimum atomic E-state index is -4.97. The van der Waals surface area contributed by atoms with Gasteiger partial charge in [-0.2, -0.15) is 0 Å². The van der Waals surface area contributed by atoms with Crippen molar-refractivity contribution in [3.63, 3.8) is 0 Å². The Hall–Kier alpha value is -3.90. The third-order valence-electron chi connectivity index (χ3n) is 4.96. The van der Waals surface area contributed by atoms with Crippen LogP contribution in [0.3, 0.4) is 0 Å². The summed E-state index contributed by atoms with van der Waals surface area (Å²) in [4.78, 5) is 53.6. The van der Waals surface area contributed by atoms with Crippen LogP contribution in [0.25, 0.3) is 16.6 Å². The maximum absolute atomic E-state index is 13.1. The molecule has 35 heavy (non-hydrogen) atoms. The molecule has 0 saturated heterocycles. The van der Waals surface area contributed by atoms with Crippen molar-refractivity contribution in [3.8, 4) is 11.4 Å². The maximum Gasteiger partial charge on any atom is 0.573 e. The first-order valence-corrected chi connectivity index (χ1v) is 10.9.